The van der Waals surface area contributed by atoms with Crippen molar-refractivity contribution in [3.05, 3.63) is 60.7 Å². The molecule has 1 atom stereocenters. The minimum Gasteiger partial charge on any atom is -0.747 e. The molecule has 0 aromatic heterocycles. The number of rotatable bonds is 5. The maximum Gasteiger partial charge on any atom is 1.00 e. The van der Waals surface area contributed by atoms with E-state index < -0.39 is 23.0 Å². The molecular formula is C15H16NaO3PS. The molecule has 0 fully saturated rings. The zero-order valence-corrected chi connectivity index (χ0v) is 15.8. The van der Waals surface area contributed by atoms with Gasteiger partial charge in [0.25, 0.3) is 0 Å². The summed E-state index contributed by atoms with van der Waals surface area (Å²) in [6, 6.07) is 18.8. The van der Waals surface area contributed by atoms with Crippen LogP contribution in [0.5, 0.6) is 0 Å². The van der Waals surface area contributed by atoms with Crippen molar-refractivity contribution in [1.29, 1.82) is 0 Å². The van der Waals surface area contributed by atoms with Crippen LogP contribution in [0.3, 0.4) is 0 Å². The third-order valence-electron chi connectivity index (χ3n) is 3.04. The molecule has 3 nitrogen and oxygen atoms in total. The smallest absolute Gasteiger partial charge is 0.747 e. The molecule has 0 aliphatic carbocycles. The summed E-state index contributed by atoms with van der Waals surface area (Å²) in [5, 5.41) is 1.83. The Kier molecular flexibility index (Phi) is 7.55. The SMILES string of the molecule is CCC(P(c1ccccc1)c1ccccc1)S(=O)(=O)[O-].[Na+]. The van der Waals surface area contributed by atoms with Crippen molar-refractivity contribution >= 4 is 28.6 Å². The molecule has 2 rings (SSSR count). The summed E-state index contributed by atoms with van der Waals surface area (Å²) < 4.78 is 34.8. The molecule has 0 radical (unpaired) electrons. The van der Waals surface area contributed by atoms with Gasteiger partial charge < -0.3 is 4.55 Å². The molecular weight excluding hydrogens is 314 g/mol. The zero-order chi connectivity index (χ0) is 14.6. The van der Waals surface area contributed by atoms with Gasteiger partial charge >= 0.3 is 29.6 Å². The first-order chi connectivity index (χ1) is 9.54. The van der Waals surface area contributed by atoms with E-state index in [1.54, 1.807) is 6.92 Å². The number of hydrogen-bond donors (Lipinski definition) is 0. The average Bonchev–Trinajstić information content (AvgIpc) is 2.45. The van der Waals surface area contributed by atoms with Crippen molar-refractivity contribution < 1.29 is 42.5 Å². The Balaban J connectivity index is 0.00000220. The van der Waals surface area contributed by atoms with Crippen LogP contribution < -0.4 is 40.2 Å². The van der Waals surface area contributed by atoms with Gasteiger partial charge in [0, 0.05) is 0 Å². The van der Waals surface area contributed by atoms with Gasteiger partial charge in [0.15, 0.2) is 0 Å². The summed E-state index contributed by atoms with van der Waals surface area (Å²) in [5.41, 5.74) is 0. The summed E-state index contributed by atoms with van der Waals surface area (Å²) >= 11 is 0. The fourth-order valence-electron chi connectivity index (χ4n) is 2.17. The van der Waals surface area contributed by atoms with Crippen LogP contribution in [-0.2, 0) is 10.1 Å². The Morgan fingerprint density at radius 1 is 0.952 bits per heavy atom. The summed E-state index contributed by atoms with van der Waals surface area (Å²) in [5.74, 6) is 0. The van der Waals surface area contributed by atoms with Crippen LogP contribution in [0.25, 0.3) is 0 Å². The fraction of sp³-hybridized carbons (Fsp3) is 0.200. The standard InChI is InChI=1S/C15H17O3PS.Na/c1-2-15(20(16,17)18)19(13-9-5-3-6-10-13)14-11-7-4-8-12-14;/h3-12,15H,2H2,1H3,(H,16,17,18);/q;+1/p-1. The van der Waals surface area contributed by atoms with Gasteiger partial charge in [-0.2, -0.15) is 0 Å². The number of benzene rings is 2. The minimum atomic E-state index is -4.33. The van der Waals surface area contributed by atoms with Gasteiger partial charge in [0.2, 0.25) is 0 Å². The van der Waals surface area contributed by atoms with Crippen LogP contribution >= 0.6 is 7.92 Å². The Labute approximate surface area is 149 Å². The maximum absolute atomic E-state index is 11.6. The molecule has 2 aromatic carbocycles. The van der Waals surface area contributed by atoms with Crippen molar-refractivity contribution in [2.75, 3.05) is 0 Å². The van der Waals surface area contributed by atoms with E-state index in [1.807, 2.05) is 60.7 Å². The van der Waals surface area contributed by atoms with Crippen LogP contribution in [-0.4, -0.2) is 18.0 Å². The molecule has 0 spiro atoms. The van der Waals surface area contributed by atoms with E-state index in [0.717, 1.165) is 10.6 Å². The maximum atomic E-state index is 11.6. The predicted molar refractivity (Wildman–Crippen MR) is 82.8 cm³/mol. The Hall–Kier alpha value is -0.220. The van der Waals surface area contributed by atoms with Crippen LogP contribution in [0, 0.1) is 0 Å². The van der Waals surface area contributed by atoms with Gasteiger partial charge in [-0.05, 0) is 25.0 Å². The van der Waals surface area contributed by atoms with Crippen molar-refractivity contribution in [3.63, 3.8) is 0 Å². The second kappa shape index (κ2) is 8.42. The van der Waals surface area contributed by atoms with Crippen LogP contribution in [0.2, 0.25) is 0 Å². The van der Waals surface area contributed by atoms with E-state index in [-0.39, 0.29) is 29.6 Å². The molecule has 0 saturated carbocycles. The summed E-state index contributed by atoms with van der Waals surface area (Å²) in [4.78, 5) is -0.887. The molecule has 2 aromatic rings. The van der Waals surface area contributed by atoms with E-state index in [4.69, 9.17) is 0 Å². The van der Waals surface area contributed by atoms with Crippen LogP contribution in [0.1, 0.15) is 13.3 Å². The van der Waals surface area contributed by atoms with E-state index in [1.165, 1.54) is 0 Å². The number of hydrogen-bond acceptors (Lipinski definition) is 3. The van der Waals surface area contributed by atoms with Crippen LogP contribution in [0.4, 0.5) is 0 Å². The molecule has 1 unspecified atom stereocenters. The quantitative estimate of drug-likeness (QED) is 0.418. The zero-order valence-electron chi connectivity index (χ0n) is 12.1. The molecule has 0 saturated heterocycles. The van der Waals surface area contributed by atoms with Gasteiger partial charge in [-0.25, -0.2) is 8.42 Å². The van der Waals surface area contributed by atoms with Crippen LogP contribution in [0.15, 0.2) is 60.7 Å². The molecule has 6 heteroatoms. The topological polar surface area (TPSA) is 57.2 Å². The molecule has 0 N–H and O–H groups in total. The molecule has 0 bridgehead atoms. The Morgan fingerprint density at radius 2 is 1.33 bits per heavy atom. The molecule has 0 amide bonds. The van der Waals surface area contributed by atoms with Crippen molar-refractivity contribution in [3.8, 4) is 0 Å². The second-order valence-electron chi connectivity index (χ2n) is 4.40. The third-order valence-corrected chi connectivity index (χ3v) is 8.10. The first-order valence-electron chi connectivity index (χ1n) is 6.38. The van der Waals surface area contributed by atoms with Gasteiger partial charge in [-0.3, -0.25) is 0 Å². The average molecular weight is 330 g/mol. The van der Waals surface area contributed by atoms with Crippen molar-refractivity contribution in [1.82, 2.24) is 0 Å². The van der Waals surface area contributed by atoms with Gasteiger partial charge in [-0.1, -0.05) is 67.6 Å². The Morgan fingerprint density at radius 3 is 1.62 bits per heavy atom. The molecule has 106 valence electrons. The monoisotopic (exact) mass is 330 g/mol. The first-order valence-corrected chi connectivity index (χ1v) is 9.26. The van der Waals surface area contributed by atoms with Crippen molar-refractivity contribution in [2.45, 2.75) is 18.3 Å². The summed E-state index contributed by atoms with van der Waals surface area (Å²) in [6.45, 7) is 1.75. The normalized spacial score (nSPS) is 12.7. The van der Waals surface area contributed by atoms with Crippen molar-refractivity contribution in [2.24, 2.45) is 0 Å². The van der Waals surface area contributed by atoms with E-state index in [0.29, 0.717) is 6.42 Å². The molecule has 0 aliphatic heterocycles. The summed E-state index contributed by atoms with van der Waals surface area (Å²) in [7, 11) is -5.53. The molecule has 21 heavy (non-hydrogen) atoms. The minimum absolute atomic E-state index is 0. The van der Waals surface area contributed by atoms with Gasteiger partial charge in [0.1, 0.15) is 10.1 Å². The van der Waals surface area contributed by atoms with Gasteiger partial charge in [-0.15, -0.1) is 0 Å². The second-order valence-corrected chi connectivity index (χ2v) is 8.70. The first kappa shape index (κ1) is 18.8. The van der Waals surface area contributed by atoms with E-state index in [2.05, 4.69) is 0 Å². The van der Waals surface area contributed by atoms with E-state index in [9.17, 15) is 13.0 Å². The fourth-order valence-corrected chi connectivity index (χ4v) is 6.66. The molecule has 0 aliphatic rings. The third kappa shape index (κ3) is 4.88. The van der Waals surface area contributed by atoms with E-state index >= 15 is 0 Å². The largest absolute Gasteiger partial charge is 1.00 e. The predicted octanol–water partition coefficient (Wildman–Crippen LogP) is -0.595. The molecule has 0 heterocycles. The summed E-state index contributed by atoms with van der Waals surface area (Å²) in [6.07, 6.45) is 0.321. The Bertz CT molecular complexity index is 608. The van der Waals surface area contributed by atoms with Gasteiger partial charge in [0.05, 0.1) is 4.99 Å².